The van der Waals surface area contributed by atoms with Gasteiger partial charge in [0.1, 0.15) is 0 Å². The van der Waals surface area contributed by atoms with Crippen molar-refractivity contribution in [1.29, 1.82) is 0 Å². The van der Waals surface area contributed by atoms with Crippen LogP contribution in [-0.4, -0.2) is 14.8 Å². The van der Waals surface area contributed by atoms with Gasteiger partial charge in [0.2, 0.25) is 0 Å². The highest BCUT2D eigenvalue weighted by Crippen LogP contribution is 2.23. The average molecular weight is 210 g/mol. The molecule has 0 fully saturated rings. The predicted molar refractivity (Wildman–Crippen MR) is 54.3 cm³/mol. The monoisotopic (exact) mass is 209 g/mol. The van der Waals surface area contributed by atoms with Gasteiger partial charge >= 0.3 is 5.69 Å². The summed E-state index contributed by atoms with van der Waals surface area (Å²) in [7, 11) is 1.64. The molecule has 1 aromatic carbocycles. The molecule has 0 atom stereocenters. The number of H-pyrrole nitrogens is 1. The molecule has 1 N–H and O–H groups in total. The fourth-order valence-electron chi connectivity index (χ4n) is 1.23. The summed E-state index contributed by atoms with van der Waals surface area (Å²) >= 11 is 5.97. The van der Waals surface area contributed by atoms with Gasteiger partial charge in [-0.15, -0.1) is 0 Å². The topological polar surface area (TPSA) is 50.7 Å². The first-order chi connectivity index (χ1) is 6.70. The minimum absolute atomic E-state index is 0.250. The first-order valence-electron chi connectivity index (χ1n) is 4.06. The van der Waals surface area contributed by atoms with Gasteiger partial charge in [-0.05, 0) is 12.1 Å². The first-order valence-corrected chi connectivity index (χ1v) is 4.44. The van der Waals surface area contributed by atoms with Gasteiger partial charge < -0.3 is 0 Å². The van der Waals surface area contributed by atoms with E-state index in [1.54, 1.807) is 13.1 Å². The van der Waals surface area contributed by atoms with Crippen LogP contribution in [0.25, 0.3) is 11.4 Å². The number of hydrogen-bond donors (Lipinski definition) is 1. The third-order valence-corrected chi connectivity index (χ3v) is 2.32. The van der Waals surface area contributed by atoms with Crippen molar-refractivity contribution in [2.24, 2.45) is 7.05 Å². The quantitative estimate of drug-likeness (QED) is 0.773. The number of benzene rings is 1. The summed E-state index contributed by atoms with van der Waals surface area (Å²) < 4.78 is 1.42. The third-order valence-electron chi connectivity index (χ3n) is 1.99. The summed E-state index contributed by atoms with van der Waals surface area (Å²) in [6.07, 6.45) is 0. The van der Waals surface area contributed by atoms with Crippen molar-refractivity contribution in [3.63, 3.8) is 0 Å². The van der Waals surface area contributed by atoms with E-state index in [2.05, 4.69) is 10.2 Å². The Kier molecular flexibility index (Phi) is 2.13. The van der Waals surface area contributed by atoms with Crippen molar-refractivity contribution >= 4 is 11.6 Å². The van der Waals surface area contributed by atoms with E-state index in [1.807, 2.05) is 18.2 Å². The minimum Gasteiger partial charge on any atom is -0.278 e. The van der Waals surface area contributed by atoms with Crippen molar-refractivity contribution in [1.82, 2.24) is 14.8 Å². The molecule has 72 valence electrons. The largest absolute Gasteiger partial charge is 0.343 e. The van der Waals surface area contributed by atoms with Gasteiger partial charge in [-0.1, -0.05) is 23.7 Å². The van der Waals surface area contributed by atoms with Gasteiger partial charge in [-0.25, -0.2) is 9.89 Å². The molecule has 0 aliphatic rings. The predicted octanol–water partition coefficient (Wildman–Crippen LogP) is 1.43. The summed E-state index contributed by atoms with van der Waals surface area (Å²) in [5.41, 5.74) is 0.495. The SMILES string of the molecule is Cn1c(-c2ccccc2Cl)n[nH]c1=O. The lowest BCUT2D eigenvalue weighted by Crippen LogP contribution is -2.13. The molecule has 2 rings (SSSR count). The molecule has 0 radical (unpaired) electrons. The molecule has 0 aliphatic heterocycles. The number of nitrogens with zero attached hydrogens (tertiary/aromatic N) is 2. The minimum atomic E-state index is -0.250. The van der Waals surface area contributed by atoms with Crippen LogP contribution in [0.5, 0.6) is 0 Å². The maximum Gasteiger partial charge on any atom is 0.343 e. The zero-order chi connectivity index (χ0) is 10.1. The Balaban J connectivity index is 2.66. The van der Waals surface area contributed by atoms with E-state index < -0.39 is 0 Å². The van der Waals surface area contributed by atoms with E-state index in [0.717, 1.165) is 5.56 Å². The van der Waals surface area contributed by atoms with Crippen LogP contribution in [0.15, 0.2) is 29.1 Å². The molecule has 0 aliphatic carbocycles. The Bertz CT molecular complexity index is 515. The molecule has 2 aromatic rings. The van der Waals surface area contributed by atoms with E-state index >= 15 is 0 Å². The number of aromatic amines is 1. The normalized spacial score (nSPS) is 10.4. The molecule has 0 amide bonds. The van der Waals surface area contributed by atoms with Gasteiger partial charge in [0.25, 0.3) is 0 Å². The Labute approximate surface area is 85.1 Å². The maximum absolute atomic E-state index is 11.1. The molecule has 1 heterocycles. The lowest BCUT2D eigenvalue weighted by molar-refractivity contribution is 0.869. The smallest absolute Gasteiger partial charge is 0.278 e. The highest BCUT2D eigenvalue weighted by molar-refractivity contribution is 6.33. The van der Waals surface area contributed by atoms with Gasteiger partial charge in [0, 0.05) is 12.6 Å². The first kappa shape index (κ1) is 9.02. The Morgan fingerprint density at radius 1 is 1.43 bits per heavy atom. The van der Waals surface area contributed by atoms with E-state index in [4.69, 9.17) is 11.6 Å². The zero-order valence-corrected chi connectivity index (χ0v) is 8.25. The fourth-order valence-corrected chi connectivity index (χ4v) is 1.45. The molecule has 0 spiro atoms. The fraction of sp³-hybridized carbons (Fsp3) is 0.111. The van der Waals surface area contributed by atoms with Crippen LogP contribution in [0.4, 0.5) is 0 Å². The lowest BCUT2D eigenvalue weighted by Gasteiger charge is -2.01. The summed E-state index contributed by atoms with van der Waals surface area (Å²) in [6.45, 7) is 0. The molecule has 0 saturated heterocycles. The van der Waals surface area contributed by atoms with Gasteiger partial charge in [0.05, 0.1) is 5.02 Å². The molecular weight excluding hydrogens is 202 g/mol. The van der Waals surface area contributed by atoms with Crippen LogP contribution in [0.2, 0.25) is 5.02 Å². The zero-order valence-electron chi connectivity index (χ0n) is 7.49. The average Bonchev–Trinajstić information content (AvgIpc) is 2.49. The van der Waals surface area contributed by atoms with Crippen molar-refractivity contribution in [2.45, 2.75) is 0 Å². The van der Waals surface area contributed by atoms with Crippen molar-refractivity contribution in [3.05, 3.63) is 39.8 Å². The Morgan fingerprint density at radius 3 is 2.71 bits per heavy atom. The lowest BCUT2D eigenvalue weighted by atomic mass is 10.2. The van der Waals surface area contributed by atoms with Crippen LogP contribution in [0.3, 0.4) is 0 Å². The van der Waals surface area contributed by atoms with Crippen LogP contribution < -0.4 is 5.69 Å². The highest BCUT2D eigenvalue weighted by Gasteiger charge is 2.09. The number of halogens is 1. The molecule has 5 heteroatoms. The number of aromatic nitrogens is 3. The molecule has 14 heavy (non-hydrogen) atoms. The summed E-state index contributed by atoms with van der Waals surface area (Å²) in [5, 5.41) is 6.83. The van der Waals surface area contributed by atoms with E-state index in [-0.39, 0.29) is 5.69 Å². The van der Waals surface area contributed by atoms with Gasteiger partial charge in [-0.2, -0.15) is 5.10 Å². The molecule has 0 saturated carbocycles. The van der Waals surface area contributed by atoms with Gasteiger partial charge in [-0.3, -0.25) is 4.57 Å². The van der Waals surface area contributed by atoms with Crippen molar-refractivity contribution in [2.75, 3.05) is 0 Å². The third kappa shape index (κ3) is 1.33. The second-order valence-corrected chi connectivity index (χ2v) is 3.30. The molecule has 1 aromatic heterocycles. The van der Waals surface area contributed by atoms with E-state index in [1.165, 1.54) is 4.57 Å². The molecule has 0 bridgehead atoms. The number of rotatable bonds is 1. The second kappa shape index (κ2) is 3.31. The molecule has 0 unspecified atom stereocenters. The maximum atomic E-state index is 11.1. The van der Waals surface area contributed by atoms with E-state index in [9.17, 15) is 4.79 Å². The Morgan fingerprint density at radius 2 is 2.14 bits per heavy atom. The molecule has 4 nitrogen and oxygen atoms in total. The summed E-state index contributed by atoms with van der Waals surface area (Å²) in [6, 6.07) is 7.25. The van der Waals surface area contributed by atoms with Gasteiger partial charge in [0.15, 0.2) is 5.82 Å². The van der Waals surface area contributed by atoms with Crippen LogP contribution >= 0.6 is 11.6 Å². The summed E-state index contributed by atoms with van der Waals surface area (Å²) in [5.74, 6) is 0.542. The number of nitrogens with one attached hydrogen (secondary N) is 1. The highest BCUT2D eigenvalue weighted by atomic mass is 35.5. The Hall–Kier alpha value is -1.55. The van der Waals surface area contributed by atoms with Crippen LogP contribution in [0, 0.1) is 0 Å². The summed E-state index contributed by atoms with van der Waals surface area (Å²) in [4.78, 5) is 11.1. The standard InChI is InChI=1S/C9H8ClN3O/c1-13-8(11-12-9(13)14)6-4-2-3-5-7(6)10/h2-5H,1H3,(H,12,14). The van der Waals surface area contributed by atoms with Crippen LogP contribution in [-0.2, 0) is 7.05 Å². The molecular formula is C9H8ClN3O. The van der Waals surface area contributed by atoms with Crippen molar-refractivity contribution in [3.8, 4) is 11.4 Å². The second-order valence-electron chi connectivity index (χ2n) is 2.89. The van der Waals surface area contributed by atoms with Crippen molar-refractivity contribution < 1.29 is 0 Å². The number of hydrogen-bond acceptors (Lipinski definition) is 2. The van der Waals surface area contributed by atoms with E-state index in [0.29, 0.717) is 10.8 Å². The van der Waals surface area contributed by atoms with Crippen LogP contribution in [0.1, 0.15) is 0 Å².